The lowest BCUT2D eigenvalue weighted by Crippen LogP contribution is -2.39. The maximum atomic E-state index is 3.51. The predicted octanol–water partition coefficient (Wildman–Crippen LogP) is 1.40. The second-order valence-electron chi connectivity index (χ2n) is 7.07. The maximum Gasteiger partial charge on any atom is 0.0223 e. The summed E-state index contributed by atoms with van der Waals surface area (Å²) in [6.07, 6.45) is 7.22. The van der Waals surface area contributed by atoms with Gasteiger partial charge >= 0.3 is 0 Å². The molecule has 0 amide bonds. The Morgan fingerprint density at radius 3 is 2.78 bits per heavy atom. The van der Waals surface area contributed by atoms with E-state index in [0.717, 1.165) is 17.4 Å². The van der Waals surface area contributed by atoms with E-state index in [2.05, 4.69) is 29.2 Å². The first kappa shape index (κ1) is 12.9. The Bertz CT molecular complexity index is 283. The van der Waals surface area contributed by atoms with Crippen molar-refractivity contribution in [1.29, 1.82) is 0 Å². The van der Waals surface area contributed by atoms with Crippen molar-refractivity contribution in [3.8, 4) is 0 Å². The van der Waals surface area contributed by atoms with E-state index in [1.165, 1.54) is 64.8 Å². The van der Waals surface area contributed by atoms with Crippen LogP contribution in [-0.4, -0.2) is 62.7 Å². The molecule has 2 atom stereocenters. The Balaban J connectivity index is 1.51. The third kappa shape index (κ3) is 2.59. The maximum absolute atomic E-state index is 3.51. The molecule has 3 aliphatic rings. The summed E-state index contributed by atoms with van der Waals surface area (Å²) < 4.78 is 0. The normalized spacial score (nSPS) is 35.5. The van der Waals surface area contributed by atoms with Crippen molar-refractivity contribution < 1.29 is 0 Å². The highest BCUT2D eigenvalue weighted by molar-refractivity contribution is 5.06. The molecule has 1 spiro atoms. The van der Waals surface area contributed by atoms with Gasteiger partial charge in [0.05, 0.1) is 0 Å². The molecule has 2 unspecified atom stereocenters. The zero-order chi connectivity index (χ0) is 12.6. The first-order valence-electron chi connectivity index (χ1n) is 7.79. The van der Waals surface area contributed by atoms with Crippen molar-refractivity contribution in [3.63, 3.8) is 0 Å². The van der Waals surface area contributed by atoms with Gasteiger partial charge in [0, 0.05) is 19.1 Å². The second kappa shape index (κ2) is 5.10. The average molecular weight is 251 g/mol. The number of likely N-dealkylation sites (tertiary alicyclic amines) is 1. The summed E-state index contributed by atoms with van der Waals surface area (Å²) in [6.45, 7) is 6.51. The van der Waals surface area contributed by atoms with Gasteiger partial charge in [-0.05, 0) is 77.2 Å². The first-order valence-corrected chi connectivity index (χ1v) is 7.79. The van der Waals surface area contributed by atoms with Gasteiger partial charge in [0.15, 0.2) is 0 Å². The number of hydrogen-bond acceptors (Lipinski definition) is 3. The van der Waals surface area contributed by atoms with Crippen LogP contribution < -0.4 is 5.32 Å². The zero-order valence-corrected chi connectivity index (χ0v) is 12.1. The minimum atomic E-state index is 0.760. The molecule has 1 saturated carbocycles. The number of nitrogens with one attached hydrogen (secondary N) is 1. The van der Waals surface area contributed by atoms with E-state index >= 15 is 0 Å². The van der Waals surface area contributed by atoms with Gasteiger partial charge in [0.25, 0.3) is 0 Å². The molecule has 18 heavy (non-hydrogen) atoms. The summed E-state index contributed by atoms with van der Waals surface area (Å²) in [5.74, 6) is 1.02. The van der Waals surface area contributed by atoms with Crippen molar-refractivity contribution in [2.75, 3.05) is 46.8 Å². The molecule has 0 radical (unpaired) electrons. The molecule has 3 fully saturated rings. The van der Waals surface area contributed by atoms with Crippen molar-refractivity contribution in [2.24, 2.45) is 11.3 Å². The Morgan fingerprint density at radius 2 is 2.06 bits per heavy atom. The summed E-state index contributed by atoms with van der Waals surface area (Å²) in [7, 11) is 4.42. The molecule has 2 aliphatic heterocycles. The molecule has 1 N–H and O–H groups in total. The fraction of sp³-hybridized carbons (Fsp3) is 1.00. The van der Waals surface area contributed by atoms with Crippen LogP contribution in [0.5, 0.6) is 0 Å². The third-order valence-electron chi connectivity index (χ3n) is 5.49. The van der Waals surface area contributed by atoms with Gasteiger partial charge in [-0.25, -0.2) is 0 Å². The van der Waals surface area contributed by atoms with E-state index in [-0.39, 0.29) is 0 Å². The van der Waals surface area contributed by atoms with Gasteiger partial charge in [-0.3, -0.25) is 4.90 Å². The third-order valence-corrected chi connectivity index (χ3v) is 5.49. The molecular weight excluding hydrogens is 222 g/mol. The van der Waals surface area contributed by atoms with Gasteiger partial charge < -0.3 is 10.2 Å². The lowest BCUT2D eigenvalue weighted by atomic mass is 9.92. The largest absolute Gasteiger partial charge is 0.317 e. The SMILES string of the molecule is CN(C)CC1CCCN1CC1CC12CCNCC2. The van der Waals surface area contributed by atoms with Crippen molar-refractivity contribution in [2.45, 2.75) is 38.1 Å². The number of nitrogens with zero attached hydrogens (tertiary/aromatic N) is 2. The summed E-state index contributed by atoms with van der Waals surface area (Å²) in [4.78, 5) is 5.15. The van der Waals surface area contributed by atoms with Gasteiger partial charge in [-0.1, -0.05) is 0 Å². The van der Waals surface area contributed by atoms with E-state index in [0.29, 0.717) is 0 Å². The molecule has 0 aromatic heterocycles. The van der Waals surface area contributed by atoms with E-state index in [1.807, 2.05) is 0 Å². The Morgan fingerprint density at radius 1 is 1.28 bits per heavy atom. The Kier molecular flexibility index (Phi) is 3.65. The van der Waals surface area contributed by atoms with E-state index < -0.39 is 0 Å². The molecule has 3 nitrogen and oxygen atoms in total. The highest BCUT2D eigenvalue weighted by Crippen LogP contribution is 2.58. The van der Waals surface area contributed by atoms with Gasteiger partial charge in [0.2, 0.25) is 0 Å². The fourth-order valence-electron chi connectivity index (χ4n) is 4.27. The minimum absolute atomic E-state index is 0.760. The minimum Gasteiger partial charge on any atom is -0.317 e. The van der Waals surface area contributed by atoms with Crippen LogP contribution in [0.15, 0.2) is 0 Å². The van der Waals surface area contributed by atoms with E-state index in [1.54, 1.807) is 0 Å². The quantitative estimate of drug-likeness (QED) is 0.815. The summed E-state index contributed by atoms with van der Waals surface area (Å²) in [6, 6.07) is 0.833. The van der Waals surface area contributed by atoms with E-state index in [4.69, 9.17) is 0 Å². The van der Waals surface area contributed by atoms with Crippen LogP contribution in [0.25, 0.3) is 0 Å². The number of likely N-dealkylation sites (N-methyl/N-ethyl adjacent to an activating group) is 1. The smallest absolute Gasteiger partial charge is 0.0223 e. The molecule has 1 aliphatic carbocycles. The zero-order valence-electron chi connectivity index (χ0n) is 12.1. The lowest BCUT2D eigenvalue weighted by Gasteiger charge is -2.29. The Hall–Kier alpha value is -0.120. The van der Waals surface area contributed by atoms with Crippen molar-refractivity contribution in [3.05, 3.63) is 0 Å². The molecule has 3 rings (SSSR count). The highest BCUT2D eigenvalue weighted by atomic mass is 15.2. The standard InChI is InChI=1S/C15H29N3/c1-17(2)12-14-4-3-9-18(14)11-13-10-15(13)5-7-16-8-6-15/h13-14,16H,3-12H2,1-2H3. The molecule has 104 valence electrons. The molecule has 2 heterocycles. The number of rotatable bonds is 4. The van der Waals surface area contributed by atoms with Crippen LogP contribution >= 0.6 is 0 Å². The topological polar surface area (TPSA) is 18.5 Å². The number of piperidine rings is 1. The van der Waals surface area contributed by atoms with Gasteiger partial charge in [-0.2, -0.15) is 0 Å². The molecule has 0 bridgehead atoms. The molecule has 3 heteroatoms. The molecule has 2 saturated heterocycles. The summed E-state index contributed by atoms with van der Waals surface area (Å²) >= 11 is 0. The van der Waals surface area contributed by atoms with E-state index in [9.17, 15) is 0 Å². The van der Waals surface area contributed by atoms with Crippen LogP contribution in [0.2, 0.25) is 0 Å². The fourth-order valence-corrected chi connectivity index (χ4v) is 4.27. The summed E-state index contributed by atoms with van der Waals surface area (Å²) in [5, 5.41) is 3.51. The van der Waals surface area contributed by atoms with Crippen molar-refractivity contribution in [1.82, 2.24) is 15.1 Å². The van der Waals surface area contributed by atoms with Crippen LogP contribution in [-0.2, 0) is 0 Å². The molecule has 0 aromatic rings. The van der Waals surface area contributed by atoms with Crippen molar-refractivity contribution >= 4 is 0 Å². The van der Waals surface area contributed by atoms with Crippen LogP contribution in [0.3, 0.4) is 0 Å². The first-order chi connectivity index (χ1) is 8.70. The average Bonchev–Trinajstić information content (AvgIpc) is 2.79. The summed E-state index contributed by atoms with van der Waals surface area (Å²) in [5.41, 5.74) is 0.760. The van der Waals surface area contributed by atoms with Crippen LogP contribution in [0, 0.1) is 11.3 Å². The second-order valence-corrected chi connectivity index (χ2v) is 7.07. The lowest BCUT2D eigenvalue weighted by molar-refractivity contribution is 0.185. The van der Waals surface area contributed by atoms with Gasteiger partial charge in [0.1, 0.15) is 0 Å². The monoisotopic (exact) mass is 251 g/mol. The van der Waals surface area contributed by atoms with Gasteiger partial charge in [-0.15, -0.1) is 0 Å². The Labute approximate surface area is 112 Å². The highest BCUT2D eigenvalue weighted by Gasteiger charge is 2.54. The number of hydrogen-bond donors (Lipinski definition) is 1. The van der Waals surface area contributed by atoms with Crippen LogP contribution in [0.1, 0.15) is 32.1 Å². The predicted molar refractivity (Wildman–Crippen MR) is 75.8 cm³/mol. The molecular formula is C15H29N3. The van der Waals surface area contributed by atoms with Crippen LogP contribution in [0.4, 0.5) is 0 Å². The molecule has 0 aromatic carbocycles.